The Bertz CT molecular complexity index is 824. The molecule has 2 atom stereocenters. The summed E-state index contributed by atoms with van der Waals surface area (Å²) in [6, 6.07) is 7.00. The number of hydrogen-bond acceptors (Lipinski definition) is 5. The molecule has 166 valence electrons. The second-order valence-corrected chi connectivity index (χ2v) is 7.44. The molecule has 30 heavy (non-hydrogen) atoms. The monoisotopic (exact) mass is 527 g/mol. The fourth-order valence-electron chi connectivity index (χ4n) is 3.60. The summed E-state index contributed by atoms with van der Waals surface area (Å²) in [5.41, 5.74) is 4.27. The van der Waals surface area contributed by atoms with Crippen LogP contribution in [0.25, 0.3) is 0 Å². The lowest BCUT2D eigenvalue weighted by molar-refractivity contribution is 0.0683. The molecule has 1 heterocycles. The maximum atomic E-state index is 5.50. The van der Waals surface area contributed by atoms with Crippen molar-refractivity contribution >= 4 is 29.9 Å². The van der Waals surface area contributed by atoms with Gasteiger partial charge in [0.1, 0.15) is 12.6 Å². The van der Waals surface area contributed by atoms with Gasteiger partial charge in [-0.3, -0.25) is 0 Å². The lowest BCUT2D eigenvalue weighted by atomic mass is 9.89. The number of guanidine groups is 1. The van der Waals surface area contributed by atoms with Gasteiger partial charge in [-0.25, -0.2) is 4.99 Å². The zero-order valence-electron chi connectivity index (χ0n) is 18.4. The van der Waals surface area contributed by atoms with E-state index in [-0.39, 0.29) is 36.1 Å². The van der Waals surface area contributed by atoms with Gasteiger partial charge in [0.25, 0.3) is 0 Å². The van der Waals surface area contributed by atoms with E-state index in [2.05, 4.69) is 57.8 Å². The van der Waals surface area contributed by atoms with E-state index in [0.717, 1.165) is 12.5 Å². The predicted octanol–water partition coefficient (Wildman–Crippen LogP) is 4.48. The molecular weight excluding hydrogens is 493 g/mol. The minimum absolute atomic E-state index is 0. The van der Waals surface area contributed by atoms with Crippen molar-refractivity contribution in [2.75, 3.05) is 13.2 Å². The molecule has 0 saturated carbocycles. The Hall–Kier alpha value is -1.68. The number of benzene rings is 1. The molecule has 0 saturated heterocycles. The highest BCUT2D eigenvalue weighted by atomic mass is 127. The van der Waals surface area contributed by atoms with Crippen LogP contribution < -0.4 is 10.6 Å². The highest BCUT2D eigenvalue weighted by molar-refractivity contribution is 14.0. The van der Waals surface area contributed by atoms with Crippen LogP contribution in [0.1, 0.15) is 81.1 Å². The number of aryl methyl sites for hydroxylation is 2. The highest BCUT2D eigenvalue weighted by Gasteiger charge is 2.15. The first-order chi connectivity index (χ1) is 14.1. The average Bonchev–Trinajstić information content (AvgIpc) is 3.21. The van der Waals surface area contributed by atoms with Crippen LogP contribution in [0.2, 0.25) is 0 Å². The standard InChI is InChI=1S/C22H33N5O2.HI/c1-5-23-22(24-14-20-26-21(27-29-20)16(4)28-6-2)25-15(3)18-12-11-17-9-7-8-10-19(17)13-18;/h11-13,15-16H,5-10,14H2,1-4H3,(H2,23,24,25);1H. The van der Waals surface area contributed by atoms with Gasteiger partial charge in [0.15, 0.2) is 11.8 Å². The molecule has 2 unspecified atom stereocenters. The summed E-state index contributed by atoms with van der Waals surface area (Å²) >= 11 is 0. The van der Waals surface area contributed by atoms with Crippen LogP contribution in [-0.4, -0.2) is 29.3 Å². The van der Waals surface area contributed by atoms with Gasteiger partial charge < -0.3 is 19.9 Å². The number of ether oxygens (including phenoxy) is 1. The van der Waals surface area contributed by atoms with Crippen molar-refractivity contribution in [2.45, 2.75) is 72.1 Å². The van der Waals surface area contributed by atoms with Gasteiger partial charge in [-0.05, 0) is 70.1 Å². The third-order valence-corrected chi connectivity index (χ3v) is 5.21. The van der Waals surface area contributed by atoms with Crippen molar-refractivity contribution in [2.24, 2.45) is 4.99 Å². The normalized spacial score (nSPS) is 15.7. The van der Waals surface area contributed by atoms with Crippen LogP contribution >= 0.6 is 24.0 Å². The summed E-state index contributed by atoms with van der Waals surface area (Å²) in [6.07, 6.45) is 4.80. The zero-order chi connectivity index (χ0) is 20.6. The van der Waals surface area contributed by atoms with E-state index in [9.17, 15) is 0 Å². The summed E-state index contributed by atoms with van der Waals surface area (Å²) in [7, 11) is 0. The summed E-state index contributed by atoms with van der Waals surface area (Å²) in [5, 5.41) is 10.8. The summed E-state index contributed by atoms with van der Waals surface area (Å²) in [6.45, 7) is 9.77. The molecule has 1 aliphatic rings. The van der Waals surface area contributed by atoms with Gasteiger partial charge in [0.05, 0.1) is 6.04 Å². The Balaban J connectivity index is 0.00000320. The molecule has 0 amide bonds. The van der Waals surface area contributed by atoms with Crippen molar-refractivity contribution in [3.8, 4) is 0 Å². The molecular formula is C22H34IN5O2. The molecule has 3 rings (SSSR count). The Kier molecular flexibility index (Phi) is 10.0. The largest absolute Gasteiger partial charge is 0.371 e. The van der Waals surface area contributed by atoms with Gasteiger partial charge in [-0.1, -0.05) is 23.4 Å². The molecule has 0 radical (unpaired) electrons. The van der Waals surface area contributed by atoms with E-state index in [1.807, 2.05) is 13.8 Å². The van der Waals surface area contributed by atoms with Crippen LogP contribution in [0, 0.1) is 0 Å². The molecule has 8 heteroatoms. The maximum Gasteiger partial charge on any atom is 0.248 e. The third kappa shape index (κ3) is 6.66. The van der Waals surface area contributed by atoms with E-state index in [1.54, 1.807) is 0 Å². The van der Waals surface area contributed by atoms with Gasteiger partial charge in [-0.2, -0.15) is 4.98 Å². The number of aromatic nitrogens is 2. The van der Waals surface area contributed by atoms with Crippen LogP contribution in [-0.2, 0) is 24.1 Å². The van der Waals surface area contributed by atoms with E-state index >= 15 is 0 Å². The third-order valence-electron chi connectivity index (χ3n) is 5.21. The quantitative estimate of drug-likeness (QED) is 0.299. The van der Waals surface area contributed by atoms with Crippen molar-refractivity contribution in [1.82, 2.24) is 20.8 Å². The second kappa shape index (κ2) is 12.2. The zero-order valence-corrected chi connectivity index (χ0v) is 20.7. The molecule has 1 aromatic heterocycles. The molecule has 0 spiro atoms. The van der Waals surface area contributed by atoms with Gasteiger partial charge in [0, 0.05) is 13.2 Å². The second-order valence-electron chi connectivity index (χ2n) is 7.44. The Morgan fingerprint density at radius 2 is 1.97 bits per heavy atom. The van der Waals surface area contributed by atoms with Crippen molar-refractivity contribution in [1.29, 1.82) is 0 Å². The number of hydrogen-bond donors (Lipinski definition) is 2. The molecule has 0 fully saturated rings. The lowest BCUT2D eigenvalue weighted by Crippen LogP contribution is -2.38. The van der Waals surface area contributed by atoms with Crippen molar-refractivity contribution in [3.05, 3.63) is 46.6 Å². The first-order valence-corrected chi connectivity index (χ1v) is 10.7. The number of aliphatic imine (C=N–C) groups is 1. The first kappa shape index (κ1) is 24.6. The number of rotatable bonds is 8. The Morgan fingerprint density at radius 3 is 2.70 bits per heavy atom. The topological polar surface area (TPSA) is 84.6 Å². The number of halogens is 1. The van der Waals surface area contributed by atoms with Crippen LogP contribution in [0.3, 0.4) is 0 Å². The van der Waals surface area contributed by atoms with Gasteiger partial charge in [-0.15, -0.1) is 24.0 Å². The first-order valence-electron chi connectivity index (χ1n) is 10.7. The predicted molar refractivity (Wildman–Crippen MR) is 129 cm³/mol. The summed E-state index contributed by atoms with van der Waals surface area (Å²) in [5.74, 6) is 1.76. The van der Waals surface area contributed by atoms with Crippen molar-refractivity contribution in [3.63, 3.8) is 0 Å². The number of fused-ring (bicyclic) bond motifs is 1. The summed E-state index contributed by atoms with van der Waals surface area (Å²) in [4.78, 5) is 8.99. The maximum absolute atomic E-state index is 5.50. The van der Waals surface area contributed by atoms with E-state index < -0.39 is 0 Å². The molecule has 1 aliphatic carbocycles. The van der Waals surface area contributed by atoms with Gasteiger partial charge in [0.2, 0.25) is 5.89 Å². The lowest BCUT2D eigenvalue weighted by Gasteiger charge is -2.21. The fraction of sp³-hybridized carbons (Fsp3) is 0.591. The van der Waals surface area contributed by atoms with Crippen LogP contribution in [0.4, 0.5) is 0 Å². The number of nitrogens with one attached hydrogen (secondary N) is 2. The fourth-order valence-corrected chi connectivity index (χ4v) is 3.60. The Labute approximate surface area is 196 Å². The average molecular weight is 527 g/mol. The minimum atomic E-state index is -0.183. The van der Waals surface area contributed by atoms with E-state index in [0.29, 0.717) is 24.9 Å². The van der Waals surface area contributed by atoms with Gasteiger partial charge >= 0.3 is 0 Å². The molecule has 7 nitrogen and oxygen atoms in total. The van der Waals surface area contributed by atoms with E-state index in [4.69, 9.17) is 9.26 Å². The summed E-state index contributed by atoms with van der Waals surface area (Å²) < 4.78 is 10.8. The minimum Gasteiger partial charge on any atom is -0.371 e. The number of nitrogens with zero attached hydrogens (tertiary/aromatic N) is 3. The molecule has 0 bridgehead atoms. The van der Waals surface area contributed by atoms with Crippen LogP contribution in [0.15, 0.2) is 27.7 Å². The molecule has 1 aromatic carbocycles. The highest BCUT2D eigenvalue weighted by Crippen LogP contribution is 2.24. The van der Waals surface area contributed by atoms with Crippen molar-refractivity contribution < 1.29 is 9.26 Å². The smallest absolute Gasteiger partial charge is 0.248 e. The molecule has 2 aromatic rings. The van der Waals surface area contributed by atoms with E-state index in [1.165, 1.54) is 42.4 Å². The Morgan fingerprint density at radius 1 is 1.20 bits per heavy atom. The SMILES string of the molecule is CCNC(=NCc1nc(C(C)OCC)no1)NC(C)c1ccc2c(c1)CCCC2.I. The molecule has 2 N–H and O–H groups in total. The molecule has 0 aliphatic heterocycles. The van der Waals surface area contributed by atoms with Crippen LogP contribution in [0.5, 0.6) is 0 Å².